The van der Waals surface area contributed by atoms with Crippen molar-refractivity contribution >= 4 is 70.2 Å². The molecule has 1 unspecified atom stereocenters. The summed E-state index contributed by atoms with van der Waals surface area (Å²) in [7, 11) is 0. The van der Waals surface area contributed by atoms with E-state index in [1.165, 1.54) is 24.8 Å². The molecule has 0 spiro atoms. The molecule has 5 rings (SSSR count). The Kier molecular flexibility index (Phi) is 9.38. The van der Waals surface area contributed by atoms with Crippen molar-refractivity contribution in [2.45, 2.75) is 23.5 Å². The third-order valence-electron chi connectivity index (χ3n) is 6.76. The highest BCUT2D eigenvalue weighted by atomic mass is 35.5. The summed E-state index contributed by atoms with van der Waals surface area (Å²) in [6, 6.07) is 28.7. The van der Waals surface area contributed by atoms with E-state index in [2.05, 4.69) is 10.6 Å². The number of carbonyl (C=O) groups excluding carboxylic acids is 5. The normalized spacial score (nSPS) is 14.8. The van der Waals surface area contributed by atoms with Gasteiger partial charge in [0.25, 0.3) is 11.8 Å². The number of carbonyl (C=O) groups is 5. The number of nitrogens with one attached hydrogen (secondary N) is 2. The van der Waals surface area contributed by atoms with Crippen LogP contribution >= 0.6 is 23.4 Å². The first-order chi connectivity index (χ1) is 21.2. The summed E-state index contributed by atoms with van der Waals surface area (Å²) >= 11 is 7.55. The second kappa shape index (κ2) is 13.5. The van der Waals surface area contributed by atoms with E-state index in [-0.39, 0.29) is 29.7 Å². The van der Waals surface area contributed by atoms with Crippen LogP contribution < -0.4 is 15.5 Å². The Bertz CT molecular complexity index is 1770. The van der Waals surface area contributed by atoms with E-state index in [9.17, 15) is 24.0 Å². The number of nitrogens with zero attached hydrogens (tertiary/aromatic N) is 1. The number of Topliss-reactive ketones (excluding diaryl/α,β-unsaturated/α-hetero) is 1. The third kappa shape index (κ3) is 7.14. The van der Waals surface area contributed by atoms with Gasteiger partial charge in [-0.05, 0) is 85.3 Å². The van der Waals surface area contributed by atoms with Crippen molar-refractivity contribution in [1.29, 1.82) is 0 Å². The van der Waals surface area contributed by atoms with Crippen LogP contribution in [0.1, 0.15) is 39.6 Å². The Morgan fingerprint density at radius 2 is 1.50 bits per heavy atom. The maximum Gasteiger partial charge on any atom is 0.272 e. The highest BCUT2D eigenvalue weighted by Gasteiger charge is 2.40. The fraction of sp³-hybridized carbons (Fsp3) is 0.0882. The van der Waals surface area contributed by atoms with Gasteiger partial charge >= 0.3 is 0 Å². The van der Waals surface area contributed by atoms with E-state index < -0.39 is 17.1 Å². The summed E-state index contributed by atoms with van der Waals surface area (Å²) in [6.45, 7) is 1.45. The molecule has 0 radical (unpaired) electrons. The molecule has 4 aromatic rings. The van der Waals surface area contributed by atoms with Crippen LogP contribution in [0.15, 0.2) is 114 Å². The summed E-state index contributed by atoms with van der Waals surface area (Å²) < 4.78 is 0. The summed E-state index contributed by atoms with van der Waals surface area (Å²) in [5.74, 6) is -1.77. The molecule has 10 heteroatoms. The van der Waals surface area contributed by atoms with Crippen LogP contribution in [-0.4, -0.2) is 34.7 Å². The lowest BCUT2D eigenvalue weighted by Gasteiger charge is -2.15. The van der Waals surface area contributed by atoms with Crippen molar-refractivity contribution in [2.24, 2.45) is 0 Å². The standard InChI is InChI=1S/C34H26ClN3O5S/c1-21(39)22-11-15-26(16-12-22)38-31(40)20-30(34(38)43)44-27-17-13-25(14-18-27)36-33(42)29(19-24-9-5-6-10-28(24)35)37-32(41)23-7-3-2-4-8-23/h2-19,30H,20H2,1H3,(H,36,42)(H,37,41)/b29-19-. The molecule has 4 amide bonds. The summed E-state index contributed by atoms with van der Waals surface area (Å²) in [6.07, 6.45) is 1.54. The topological polar surface area (TPSA) is 113 Å². The average molecular weight is 624 g/mol. The Balaban J connectivity index is 1.27. The molecule has 8 nitrogen and oxygen atoms in total. The largest absolute Gasteiger partial charge is 0.321 e. The molecule has 1 saturated heterocycles. The van der Waals surface area contributed by atoms with Gasteiger partial charge in [-0.3, -0.25) is 24.0 Å². The smallest absolute Gasteiger partial charge is 0.272 e. The molecule has 1 heterocycles. The Labute approximate surface area is 263 Å². The van der Waals surface area contributed by atoms with E-state index in [0.29, 0.717) is 33.1 Å². The van der Waals surface area contributed by atoms with E-state index in [1.54, 1.807) is 103 Å². The summed E-state index contributed by atoms with van der Waals surface area (Å²) in [5.41, 5.74) is 2.32. The van der Waals surface area contributed by atoms with Crippen molar-refractivity contribution < 1.29 is 24.0 Å². The predicted octanol–water partition coefficient (Wildman–Crippen LogP) is 6.38. The number of rotatable bonds is 9. The highest BCUT2D eigenvalue weighted by molar-refractivity contribution is 8.00. The number of benzene rings is 4. The minimum atomic E-state index is -0.617. The van der Waals surface area contributed by atoms with E-state index in [0.717, 1.165) is 9.80 Å². The van der Waals surface area contributed by atoms with E-state index >= 15 is 0 Å². The van der Waals surface area contributed by atoms with Crippen LogP contribution in [0.4, 0.5) is 11.4 Å². The maximum absolute atomic E-state index is 13.3. The molecule has 0 aromatic heterocycles. The fourth-order valence-corrected chi connectivity index (χ4v) is 5.73. The molecular formula is C34H26ClN3O5S. The van der Waals surface area contributed by atoms with Gasteiger partial charge in [-0.1, -0.05) is 48.0 Å². The van der Waals surface area contributed by atoms with Gasteiger partial charge in [0.15, 0.2) is 5.78 Å². The lowest BCUT2D eigenvalue weighted by Crippen LogP contribution is -2.31. The first-order valence-electron chi connectivity index (χ1n) is 13.6. The van der Waals surface area contributed by atoms with Crippen LogP contribution in [0.25, 0.3) is 6.08 Å². The minimum absolute atomic E-state index is 0.00287. The van der Waals surface area contributed by atoms with Gasteiger partial charge in [-0.15, -0.1) is 11.8 Å². The maximum atomic E-state index is 13.3. The van der Waals surface area contributed by atoms with Gasteiger partial charge in [-0.2, -0.15) is 0 Å². The van der Waals surface area contributed by atoms with Gasteiger partial charge in [-0.25, -0.2) is 4.90 Å². The Hall–Kier alpha value is -4.99. The molecule has 220 valence electrons. The number of ketones is 1. The first kappa shape index (κ1) is 30.5. The molecule has 0 bridgehead atoms. The number of hydrogen-bond donors (Lipinski definition) is 2. The number of amides is 4. The van der Waals surface area contributed by atoms with Gasteiger partial charge in [0.2, 0.25) is 11.8 Å². The Morgan fingerprint density at radius 3 is 2.16 bits per heavy atom. The van der Waals surface area contributed by atoms with Crippen LogP contribution in [0.3, 0.4) is 0 Å². The predicted molar refractivity (Wildman–Crippen MR) is 172 cm³/mol. The molecule has 4 aromatic carbocycles. The number of imide groups is 1. The summed E-state index contributed by atoms with van der Waals surface area (Å²) in [4.78, 5) is 65.4. The van der Waals surface area contributed by atoms with Crippen molar-refractivity contribution in [1.82, 2.24) is 5.32 Å². The zero-order valence-electron chi connectivity index (χ0n) is 23.5. The second-order valence-electron chi connectivity index (χ2n) is 9.86. The summed E-state index contributed by atoms with van der Waals surface area (Å²) in [5, 5.41) is 5.27. The molecule has 0 aliphatic carbocycles. The molecule has 0 saturated carbocycles. The Morgan fingerprint density at radius 1 is 0.841 bits per heavy atom. The first-order valence-corrected chi connectivity index (χ1v) is 14.8. The van der Waals surface area contributed by atoms with E-state index in [1.807, 2.05) is 0 Å². The van der Waals surface area contributed by atoms with Crippen molar-refractivity contribution in [3.05, 3.63) is 131 Å². The highest BCUT2D eigenvalue weighted by Crippen LogP contribution is 2.34. The van der Waals surface area contributed by atoms with Gasteiger partial charge < -0.3 is 10.6 Å². The molecule has 2 N–H and O–H groups in total. The van der Waals surface area contributed by atoms with Gasteiger partial charge in [0, 0.05) is 33.2 Å². The van der Waals surface area contributed by atoms with Gasteiger partial charge in [0.1, 0.15) is 5.70 Å². The van der Waals surface area contributed by atoms with E-state index in [4.69, 9.17) is 11.6 Å². The molecule has 1 aliphatic rings. The monoisotopic (exact) mass is 623 g/mol. The fourth-order valence-electron chi connectivity index (χ4n) is 4.48. The molecule has 1 aliphatic heterocycles. The lowest BCUT2D eigenvalue weighted by atomic mass is 10.1. The molecule has 44 heavy (non-hydrogen) atoms. The van der Waals surface area contributed by atoms with Crippen molar-refractivity contribution in [2.75, 3.05) is 10.2 Å². The zero-order valence-corrected chi connectivity index (χ0v) is 25.0. The number of anilines is 2. The quantitative estimate of drug-likeness (QED) is 0.127. The zero-order chi connectivity index (χ0) is 31.2. The average Bonchev–Trinajstić information content (AvgIpc) is 3.30. The van der Waals surface area contributed by atoms with Crippen LogP contribution in [0, 0.1) is 0 Å². The van der Waals surface area contributed by atoms with Gasteiger partial charge in [0.05, 0.1) is 10.9 Å². The molecular weight excluding hydrogens is 598 g/mol. The number of thioether (sulfide) groups is 1. The van der Waals surface area contributed by atoms with Crippen LogP contribution in [0.2, 0.25) is 5.02 Å². The van der Waals surface area contributed by atoms with Crippen molar-refractivity contribution in [3.63, 3.8) is 0 Å². The minimum Gasteiger partial charge on any atom is -0.321 e. The SMILES string of the molecule is CC(=O)c1ccc(N2C(=O)CC(Sc3ccc(NC(=O)/C(=C/c4ccccc4Cl)NC(=O)c4ccccc4)cc3)C2=O)cc1. The van der Waals surface area contributed by atoms with Crippen LogP contribution in [0.5, 0.6) is 0 Å². The van der Waals surface area contributed by atoms with Crippen LogP contribution in [-0.2, 0) is 14.4 Å². The molecule has 1 atom stereocenters. The second-order valence-corrected chi connectivity index (χ2v) is 11.5. The third-order valence-corrected chi connectivity index (χ3v) is 8.30. The lowest BCUT2D eigenvalue weighted by molar-refractivity contribution is -0.121. The number of halogens is 1. The number of hydrogen-bond acceptors (Lipinski definition) is 6. The van der Waals surface area contributed by atoms with Crippen molar-refractivity contribution in [3.8, 4) is 0 Å². The molecule has 1 fully saturated rings.